The summed E-state index contributed by atoms with van der Waals surface area (Å²) in [4.78, 5) is 0. The van der Waals surface area contributed by atoms with Gasteiger partial charge in [-0.3, -0.25) is 0 Å². The Morgan fingerprint density at radius 3 is 2.29 bits per heavy atom. The average Bonchev–Trinajstić information content (AvgIpc) is 2.32. The van der Waals surface area contributed by atoms with E-state index >= 15 is 0 Å². The number of hydrogen-bond donors (Lipinski definition) is 1. The maximum absolute atomic E-state index is 5.96. The van der Waals surface area contributed by atoms with E-state index < -0.39 is 0 Å². The summed E-state index contributed by atoms with van der Waals surface area (Å²) in [6.45, 7) is 2.44. The average molecular weight is 237 g/mol. The van der Waals surface area contributed by atoms with Gasteiger partial charge in [0.15, 0.2) is 0 Å². The highest BCUT2D eigenvalue weighted by Crippen LogP contribution is 2.33. The van der Waals surface area contributed by atoms with Crippen LogP contribution in [0.1, 0.15) is 77.6 Å². The lowest BCUT2D eigenvalue weighted by atomic mass is 9.78. The van der Waals surface area contributed by atoms with Gasteiger partial charge in [0, 0.05) is 6.04 Å². The van der Waals surface area contributed by atoms with Crippen molar-refractivity contribution in [3.05, 3.63) is 0 Å². The lowest BCUT2D eigenvalue weighted by molar-refractivity contribution is 0.247. The molecule has 0 saturated heterocycles. The predicted octanol–water partition coefficient (Wildman–Crippen LogP) is 4.50. The molecule has 0 amide bonds. The van der Waals surface area contributed by atoms with E-state index in [-0.39, 0.29) is 0 Å². The van der Waals surface area contributed by atoms with Crippen molar-refractivity contribution in [1.82, 2.24) is 0 Å². The molecule has 1 nitrogen and oxygen atoms in total. The summed E-state index contributed by atoms with van der Waals surface area (Å²) in [5.74, 6) is 3.07. The highest BCUT2D eigenvalue weighted by atomic mass is 14.6. The zero-order chi connectivity index (χ0) is 12.1. The first-order valence-electron chi connectivity index (χ1n) is 7.99. The van der Waals surface area contributed by atoms with Crippen LogP contribution in [0.3, 0.4) is 0 Å². The van der Waals surface area contributed by atoms with Crippen molar-refractivity contribution in [3.63, 3.8) is 0 Å². The Bertz CT molecular complexity index is 206. The normalized spacial score (nSPS) is 39.2. The molecule has 0 radical (unpaired) electrons. The van der Waals surface area contributed by atoms with Crippen LogP contribution in [-0.4, -0.2) is 6.04 Å². The molecule has 2 fully saturated rings. The van der Waals surface area contributed by atoms with Gasteiger partial charge in [-0.05, 0) is 49.9 Å². The van der Waals surface area contributed by atoms with E-state index in [9.17, 15) is 0 Å². The largest absolute Gasteiger partial charge is 0.328 e. The SMILES string of the molecule is CC1CCCC(CCC[C@H]2CC[C@H](N)CC2)C1. The molecule has 0 heterocycles. The third-order valence-corrected chi connectivity index (χ3v) is 5.16. The third kappa shape index (κ3) is 4.62. The molecule has 2 aliphatic carbocycles. The van der Waals surface area contributed by atoms with E-state index in [1.54, 1.807) is 0 Å². The summed E-state index contributed by atoms with van der Waals surface area (Å²) in [6.07, 6.45) is 15.8. The summed E-state index contributed by atoms with van der Waals surface area (Å²) < 4.78 is 0. The molecule has 1 heteroatoms. The molecule has 0 aliphatic heterocycles. The fourth-order valence-corrected chi connectivity index (χ4v) is 3.99. The van der Waals surface area contributed by atoms with Gasteiger partial charge in [0.25, 0.3) is 0 Å². The molecule has 2 atom stereocenters. The van der Waals surface area contributed by atoms with Crippen molar-refractivity contribution in [3.8, 4) is 0 Å². The molecule has 2 saturated carbocycles. The molecule has 0 aromatic carbocycles. The van der Waals surface area contributed by atoms with Crippen LogP contribution in [0.2, 0.25) is 0 Å². The molecular formula is C16H31N. The van der Waals surface area contributed by atoms with Crippen molar-refractivity contribution in [1.29, 1.82) is 0 Å². The Morgan fingerprint density at radius 2 is 1.59 bits per heavy atom. The minimum atomic E-state index is 0.519. The first kappa shape index (κ1) is 13.4. The van der Waals surface area contributed by atoms with Gasteiger partial charge in [0.05, 0.1) is 0 Å². The summed E-state index contributed by atoms with van der Waals surface area (Å²) in [6, 6.07) is 0.519. The molecule has 2 aliphatic rings. The summed E-state index contributed by atoms with van der Waals surface area (Å²) in [5.41, 5.74) is 5.96. The highest BCUT2D eigenvalue weighted by Gasteiger charge is 2.21. The van der Waals surface area contributed by atoms with E-state index in [4.69, 9.17) is 5.73 Å². The highest BCUT2D eigenvalue weighted by molar-refractivity contribution is 4.75. The van der Waals surface area contributed by atoms with Crippen LogP contribution >= 0.6 is 0 Å². The van der Waals surface area contributed by atoms with Crippen LogP contribution in [0.25, 0.3) is 0 Å². The second-order valence-corrected chi connectivity index (χ2v) is 6.85. The van der Waals surface area contributed by atoms with Crippen LogP contribution in [0, 0.1) is 17.8 Å². The summed E-state index contributed by atoms with van der Waals surface area (Å²) in [5, 5.41) is 0. The standard InChI is InChI=1S/C16H31N/c1-13-4-2-6-15(12-13)7-3-5-14-8-10-16(17)11-9-14/h13-16H,2-12,17H2,1H3/t13?,14-,15?,16-. The van der Waals surface area contributed by atoms with Crippen LogP contribution in [0.4, 0.5) is 0 Å². The third-order valence-electron chi connectivity index (χ3n) is 5.16. The summed E-state index contributed by atoms with van der Waals surface area (Å²) >= 11 is 0. The molecule has 2 rings (SSSR count). The van der Waals surface area contributed by atoms with Gasteiger partial charge in [-0.15, -0.1) is 0 Å². The van der Waals surface area contributed by atoms with Gasteiger partial charge in [0.1, 0.15) is 0 Å². The monoisotopic (exact) mass is 237 g/mol. The van der Waals surface area contributed by atoms with Crippen molar-refractivity contribution < 1.29 is 0 Å². The van der Waals surface area contributed by atoms with Crippen molar-refractivity contribution in [2.24, 2.45) is 23.5 Å². The molecule has 100 valence electrons. The minimum absolute atomic E-state index is 0.519. The molecule has 0 bridgehead atoms. The Hall–Kier alpha value is -0.0400. The molecular weight excluding hydrogens is 206 g/mol. The molecule has 0 aromatic heterocycles. The maximum atomic E-state index is 5.96. The topological polar surface area (TPSA) is 26.0 Å². The number of rotatable bonds is 4. The van der Waals surface area contributed by atoms with Gasteiger partial charge >= 0.3 is 0 Å². The van der Waals surface area contributed by atoms with E-state index in [0.29, 0.717) is 6.04 Å². The first-order chi connectivity index (χ1) is 8.24. The van der Waals surface area contributed by atoms with Gasteiger partial charge in [0.2, 0.25) is 0 Å². The zero-order valence-corrected chi connectivity index (χ0v) is 11.7. The second kappa shape index (κ2) is 6.78. The van der Waals surface area contributed by atoms with Gasteiger partial charge in [-0.2, -0.15) is 0 Å². The van der Waals surface area contributed by atoms with Crippen LogP contribution in [0.5, 0.6) is 0 Å². The van der Waals surface area contributed by atoms with E-state index in [1.165, 1.54) is 70.6 Å². The molecule has 2 N–H and O–H groups in total. The zero-order valence-electron chi connectivity index (χ0n) is 11.7. The first-order valence-corrected chi connectivity index (χ1v) is 7.99. The minimum Gasteiger partial charge on any atom is -0.328 e. The van der Waals surface area contributed by atoms with Gasteiger partial charge in [-0.1, -0.05) is 45.4 Å². The van der Waals surface area contributed by atoms with Gasteiger partial charge < -0.3 is 5.73 Å². The quantitative estimate of drug-likeness (QED) is 0.765. The van der Waals surface area contributed by atoms with Crippen molar-refractivity contribution >= 4 is 0 Å². The second-order valence-electron chi connectivity index (χ2n) is 6.85. The Balaban J connectivity index is 1.56. The van der Waals surface area contributed by atoms with E-state index in [0.717, 1.165) is 17.8 Å². The lowest BCUT2D eigenvalue weighted by Crippen LogP contribution is -2.26. The maximum Gasteiger partial charge on any atom is 0.00390 e. The number of hydrogen-bond acceptors (Lipinski definition) is 1. The Kier molecular flexibility index (Phi) is 5.34. The van der Waals surface area contributed by atoms with E-state index in [1.807, 2.05) is 0 Å². The van der Waals surface area contributed by atoms with Crippen LogP contribution < -0.4 is 5.73 Å². The number of nitrogens with two attached hydrogens (primary N) is 1. The molecule has 0 aromatic rings. The molecule has 17 heavy (non-hydrogen) atoms. The van der Waals surface area contributed by atoms with Gasteiger partial charge in [-0.25, -0.2) is 0 Å². The molecule has 0 spiro atoms. The lowest BCUT2D eigenvalue weighted by Gasteiger charge is -2.29. The molecule has 2 unspecified atom stereocenters. The van der Waals surface area contributed by atoms with Crippen LogP contribution in [0.15, 0.2) is 0 Å². The summed E-state index contributed by atoms with van der Waals surface area (Å²) in [7, 11) is 0. The van der Waals surface area contributed by atoms with E-state index in [2.05, 4.69) is 6.92 Å². The Labute approximate surface area is 108 Å². The fourth-order valence-electron chi connectivity index (χ4n) is 3.99. The van der Waals surface area contributed by atoms with Crippen LogP contribution in [-0.2, 0) is 0 Å². The van der Waals surface area contributed by atoms with Crippen molar-refractivity contribution in [2.75, 3.05) is 0 Å². The smallest absolute Gasteiger partial charge is 0.00390 e. The fraction of sp³-hybridized carbons (Fsp3) is 1.00. The van der Waals surface area contributed by atoms with Crippen molar-refractivity contribution in [2.45, 2.75) is 83.6 Å². The Morgan fingerprint density at radius 1 is 0.882 bits per heavy atom. The predicted molar refractivity (Wildman–Crippen MR) is 74.9 cm³/mol.